The van der Waals surface area contributed by atoms with Crippen LogP contribution >= 0.6 is 11.3 Å². The molecule has 5 aromatic heterocycles. The molecular formula is C32H33N11O2S. The number of thiazole rings is 1. The Morgan fingerprint density at radius 1 is 1.07 bits per heavy atom. The number of carbonyl (C=O) groups is 2. The molecule has 1 spiro atoms. The fourth-order valence-corrected chi connectivity index (χ4v) is 7.64. The van der Waals surface area contributed by atoms with Crippen LogP contribution in [0.5, 0.6) is 0 Å². The van der Waals surface area contributed by atoms with Crippen LogP contribution in [0.3, 0.4) is 0 Å². The highest BCUT2D eigenvalue weighted by Crippen LogP contribution is 2.42. The van der Waals surface area contributed by atoms with Gasteiger partial charge in [0, 0.05) is 56.9 Å². The maximum absolute atomic E-state index is 13.9. The van der Waals surface area contributed by atoms with Crippen LogP contribution in [0.15, 0.2) is 49.1 Å². The zero-order valence-electron chi connectivity index (χ0n) is 25.7. The van der Waals surface area contributed by atoms with Crippen molar-refractivity contribution in [3.05, 3.63) is 59.8 Å². The van der Waals surface area contributed by atoms with Crippen LogP contribution in [0.25, 0.3) is 38.6 Å². The van der Waals surface area contributed by atoms with Crippen LogP contribution in [0.4, 0.5) is 5.82 Å². The van der Waals surface area contributed by atoms with Crippen molar-refractivity contribution < 1.29 is 9.59 Å². The van der Waals surface area contributed by atoms with Gasteiger partial charge in [-0.2, -0.15) is 10.2 Å². The number of anilines is 1. The first-order chi connectivity index (χ1) is 22.3. The van der Waals surface area contributed by atoms with Gasteiger partial charge >= 0.3 is 0 Å². The molecule has 0 aromatic carbocycles. The zero-order chi connectivity index (χ0) is 31.4. The first-order valence-corrected chi connectivity index (χ1v) is 16.3. The van der Waals surface area contributed by atoms with E-state index in [1.807, 2.05) is 49.3 Å². The summed E-state index contributed by atoms with van der Waals surface area (Å²) in [6.07, 6.45) is 9.63. The Morgan fingerprint density at radius 2 is 1.96 bits per heavy atom. The van der Waals surface area contributed by atoms with Crippen molar-refractivity contribution in [2.45, 2.75) is 26.2 Å². The van der Waals surface area contributed by atoms with Gasteiger partial charge in [0.15, 0.2) is 5.82 Å². The maximum atomic E-state index is 13.9. The molecule has 3 aliphatic rings. The summed E-state index contributed by atoms with van der Waals surface area (Å²) in [4.78, 5) is 52.2. The average Bonchev–Trinajstić information content (AvgIpc) is 3.91. The van der Waals surface area contributed by atoms with Gasteiger partial charge in [0.1, 0.15) is 28.4 Å². The Bertz CT molecular complexity index is 1990. The predicted octanol–water partition coefficient (Wildman–Crippen LogP) is 3.33. The van der Waals surface area contributed by atoms with E-state index in [1.165, 1.54) is 0 Å². The molecule has 2 fully saturated rings. The largest absolute Gasteiger partial charge is 0.338 e. The van der Waals surface area contributed by atoms with Crippen LogP contribution in [0, 0.1) is 12.3 Å². The highest BCUT2D eigenvalue weighted by atomic mass is 32.1. The van der Waals surface area contributed by atoms with Gasteiger partial charge in [-0.3, -0.25) is 34.2 Å². The third-order valence-electron chi connectivity index (χ3n) is 9.32. The Morgan fingerprint density at radius 3 is 2.74 bits per heavy atom. The number of H-pyrrole nitrogens is 1. The SMILES string of the molecule is Cc1ccc(-c2n[nH]c3ccc(N4CC[C@]5(CCN(CC(=O)N6CC=C(c7ncc(-c8ncn(C)n8)s7)CC6)C5)C4=O)nc23)cn1. The molecule has 0 bridgehead atoms. The van der Waals surface area contributed by atoms with E-state index in [-0.39, 0.29) is 11.8 Å². The minimum Gasteiger partial charge on any atom is -0.338 e. The second kappa shape index (κ2) is 11.2. The van der Waals surface area contributed by atoms with E-state index in [4.69, 9.17) is 4.98 Å². The van der Waals surface area contributed by atoms with E-state index in [0.717, 1.165) is 63.6 Å². The topological polar surface area (TPSA) is 142 Å². The molecule has 46 heavy (non-hydrogen) atoms. The smallest absolute Gasteiger partial charge is 0.237 e. The Hall–Kier alpha value is -4.82. The molecule has 14 heteroatoms. The fourth-order valence-electron chi connectivity index (χ4n) is 6.72. The lowest BCUT2D eigenvalue weighted by Crippen LogP contribution is -2.43. The molecule has 3 aliphatic heterocycles. The van der Waals surface area contributed by atoms with Crippen molar-refractivity contribution in [2.75, 3.05) is 44.2 Å². The van der Waals surface area contributed by atoms with E-state index >= 15 is 0 Å². The van der Waals surface area contributed by atoms with Crippen molar-refractivity contribution in [1.82, 2.24) is 49.7 Å². The quantitative estimate of drug-likeness (QED) is 0.297. The molecular weight excluding hydrogens is 602 g/mol. The molecule has 0 unspecified atom stereocenters. The van der Waals surface area contributed by atoms with Crippen LogP contribution in [0.1, 0.15) is 30.0 Å². The molecule has 0 saturated carbocycles. The number of aromatic amines is 1. The third kappa shape index (κ3) is 5.07. The Kier molecular flexibility index (Phi) is 6.98. The van der Waals surface area contributed by atoms with Crippen molar-refractivity contribution >= 4 is 45.6 Å². The number of nitrogens with zero attached hydrogens (tertiary/aromatic N) is 10. The number of hydrogen-bond acceptors (Lipinski definition) is 10. The predicted molar refractivity (Wildman–Crippen MR) is 174 cm³/mol. The minimum atomic E-state index is -0.489. The molecule has 2 saturated heterocycles. The summed E-state index contributed by atoms with van der Waals surface area (Å²) in [5.41, 5.74) is 4.71. The summed E-state index contributed by atoms with van der Waals surface area (Å²) < 4.78 is 1.68. The molecule has 1 atom stereocenters. The standard InChI is InChI=1S/C32H33N11O2S/c1-20-3-4-22(15-33-20)27-28-23(37-38-27)5-6-25(36-28)43-14-10-32(31(43)45)9-13-41(18-32)17-26(44)42-11-7-21(8-12-42)30-34-16-24(46-30)29-35-19-40(2)39-29/h3-7,15-16,19H,8-14,17-18H2,1-2H3,(H,37,38)/t32-/m0/s1. The van der Waals surface area contributed by atoms with Gasteiger partial charge in [0.25, 0.3) is 0 Å². The van der Waals surface area contributed by atoms with Gasteiger partial charge in [-0.25, -0.2) is 15.0 Å². The van der Waals surface area contributed by atoms with E-state index in [0.29, 0.717) is 50.1 Å². The summed E-state index contributed by atoms with van der Waals surface area (Å²) in [7, 11) is 1.84. The molecule has 8 heterocycles. The monoisotopic (exact) mass is 635 g/mol. The van der Waals surface area contributed by atoms with Gasteiger partial charge in [-0.1, -0.05) is 6.08 Å². The number of likely N-dealkylation sites (tertiary alicyclic amines) is 1. The van der Waals surface area contributed by atoms with E-state index in [1.54, 1.807) is 33.4 Å². The summed E-state index contributed by atoms with van der Waals surface area (Å²) in [5, 5.41) is 12.8. The van der Waals surface area contributed by atoms with Crippen LogP contribution in [0.2, 0.25) is 0 Å². The molecule has 0 aliphatic carbocycles. The molecule has 13 nitrogen and oxygen atoms in total. The lowest BCUT2D eigenvalue weighted by atomic mass is 9.85. The van der Waals surface area contributed by atoms with E-state index in [2.05, 4.69) is 41.2 Å². The summed E-state index contributed by atoms with van der Waals surface area (Å²) in [6.45, 7) is 5.38. The number of nitrogens with one attached hydrogen (secondary N) is 1. The number of pyridine rings is 2. The maximum Gasteiger partial charge on any atom is 0.237 e. The number of fused-ring (bicyclic) bond motifs is 1. The van der Waals surface area contributed by atoms with Gasteiger partial charge < -0.3 is 4.90 Å². The molecule has 1 N–H and O–H groups in total. The summed E-state index contributed by atoms with van der Waals surface area (Å²) >= 11 is 1.57. The van der Waals surface area contributed by atoms with Gasteiger partial charge in [-0.15, -0.1) is 11.3 Å². The second-order valence-electron chi connectivity index (χ2n) is 12.4. The van der Waals surface area contributed by atoms with Crippen molar-refractivity contribution in [3.63, 3.8) is 0 Å². The number of rotatable bonds is 6. The molecule has 8 rings (SSSR count). The van der Waals surface area contributed by atoms with Crippen LogP contribution in [-0.2, 0) is 16.6 Å². The highest BCUT2D eigenvalue weighted by molar-refractivity contribution is 7.16. The molecule has 0 radical (unpaired) electrons. The number of aryl methyl sites for hydroxylation is 2. The number of carbonyl (C=O) groups excluding carboxylic acids is 2. The molecule has 234 valence electrons. The number of hydrogen-bond donors (Lipinski definition) is 1. The van der Waals surface area contributed by atoms with E-state index < -0.39 is 5.41 Å². The third-order valence-corrected chi connectivity index (χ3v) is 10.4. The molecule has 5 aromatic rings. The zero-order valence-corrected chi connectivity index (χ0v) is 26.5. The Balaban J connectivity index is 0.903. The van der Waals surface area contributed by atoms with Crippen molar-refractivity contribution in [2.24, 2.45) is 12.5 Å². The number of amides is 2. The lowest BCUT2D eigenvalue weighted by molar-refractivity contribution is -0.132. The number of aromatic nitrogens is 8. The highest BCUT2D eigenvalue weighted by Gasteiger charge is 2.51. The van der Waals surface area contributed by atoms with Gasteiger partial charge in [0.05, 0.1) is 22.4 Å². The molecule has 2 amide bonds. The van der Waals surface area contributed by atoms with Gasteiger partial charge in [-0.05, 0) is 62.6 Å². The van der Waals surface area contributed by atoms with Crippen LogP contribution < -0.4 is 4.90 Å². The first-order valence-electron chi connectivity index (χ1n) is 15.5. The second-order valence-corrected chi connectivity index (χ2v) is 13.4. The van der Waals surface area contributed by atoms with Crippen molar-refractivity contribution in [3.8, 4) is 22.0 Å². The van der Waals surface area contributed by atoms with E-state index in [9.17, 15) is 9.59 Å². The average molecular weight is 636 g/mol. The summed E-state index contributed by atoms with van der Waals surface area (Å²) in [5.74, 6) is 1.49. The minimum absolute atomic E-state index is 0.0885. The van der Waals surface area contributed by atoms with Crippen LogP contribution in [-0.4, -0.2) is 101 Å². The first kappa shape index (κ1) is 28.6. The summed E-state index contributed by atoms with van der Waals surface area (Å²) in [6, 6.07) is 7.74. The Labute approximate surface area is 269 Å². The normalized spacial score (nSPS) is 20.4. The fraction of sp³-hybridized carbons (Fsp3) is 0.375. The van der Waals surface area contributed by atoms with Crippen molar-refractivity contribution in [1.29, 1.82) is 0 Å². The van der Waals surface area contributed by atoms with Gasteiger partial charge in [0.2, 0.25) is 11.8 Å². The lowest BCUT2D eigenvalue weighted by Gasteiger charge is -2.28.